The standard InChI is InChI=1S/C16H16ClN5O/c17-12-5-3-11(4-6-12)14-8-18-15(23-14)9-22-7-1-2-13(22)16-19-10-20-21-16/h3-6,8,10,13H,1-2,7,9H2,(H,19,20,21)/t13-/m1/s1. The third kappa shape index (κ3) is 3.00. The lowest BCUT2D eigenvalue weighted by Crippen LogP contribution is -2.23. The highest BCUT2D eigenvalue weighted by Crippen LogP contribution is 2.31. The number of benzene rings is 1. The van der Waals surface area contributed by atoms with Crippen molar-refractivity contribution in [2.24, 2.45) is 0 Å². The maximum atomic E-state index is 5.92. The molecule has 1 N–H and O–H groups in total. The number of oxazole rings is 1. The SMILES string of the molecule is Clc1ccc(-c2cnc(CN3CCC[C@@H]3c3ncn[nH]3)o2)cc1. The van der Waals surface area contributed by atoms with Crippen molar-refractivity contribution in [2.75, 3.05) is 6.54 Å². The largest absolute Gasteiger partial charge is 0.439 e. The third-order valence-electron chi connectivity index (χ3n) is 4.13. The summed E-state index contributed by atoms with van der Waals surface area (Å²) < 4.78 is 5.90. The Morgan fingerprint density at radius 1 is 1.26 bits per heavy atom. The molecule has 0 aliphatic carbocycles. The number of H-pyrrole nitrogens is 1. The number of hydrogen-bond acceptors (Lipinski definition) is 5. The van der Waals surface area contributed by atoms with Crippen LogP contribution < -0.4 is 0 Å². The number of aromatic nitrogens is 4. The van der Waals surface area contributed by atoms with E-state index in [1.807, 2.05) is 24.3 Å². The zero-order valence-electron chi connectivity index (χ0n) is 12.4. The van der Waals surface area contributed by atoms with Crippen molar-refractivity contribution in [1.29, 1.82) is 0 Å². The van der Waals surface area contributed by atoms with E-state index < -0.39 is 0 Å². The molecule has 1 fully saturated rings. The number of likely N-dealkylation sites (tertiary alicyclic amines) is 1. The number of hydrogen-bond donors (Lipinski definition) is 1. The molecule has 6 nitrogen and oxygen atoms in total. The second-order valence-electron chi connectivity index (χ2n) is 5.62. The van der Waals surface area contributed by atoms with E-state index >= 15 is 0 Å². The average molecular weight is 330 g/mol. The van der Waals surface area contributed by atoms with Gasteiger partial charge >= 0.3 is 0 Å². The molecule has 0 radical (unpaired) electrons. The molecule has 3 heterocycles. The molecule has 0 amide bonds. The topological polar surface area (TPSA) is 70.8 Å². The molecule has 0 spiro atoms. The normalized spacial score (nSPS) is 18.6. The van der Waals surface area contributed by atoms with Crippen molar-refractivity contribution in [2.45, 2.75) is 25.4 Å². The van der Waals surface area contributed by atoms with Crippen LogP contribution in [-0.2, 0) is 6.54 Å². The van der Waals surface area contributed by atoms with E-state index in [1.54, 1.807) is 12.5 Å². The first-order valence-corrected chi connectivity index (χ1v) is 7.97. The molecule has 118 valence electrons. The molecule has 0 unspecified atom stereocenters. The summed E-state index contributed by atoms with van der Waals surface area (Å²) in [6.45, 7) is 1.67. The van der Waals surface area contributed by atoms with Crippen LogP contribution in [0.25, 0.3) is 11.3 Å². The first kappa shape index (κ1) is 14.4. The van der Waals surface area contributed by atoms with Crippen molar-refractivity contribution >= 4 is 11.6 Å². The molecule has 4 rings (SSSR count). The minimum absolute atomic E-state index is 0.253. The second-order valence-corrected chi connectivity index (χ2v) is 6.06. The minimum atomic E-state index is 0.253. The van der Waals surface area contributed by atoms with Crippen molar-refractivity contribution in [3.05, 3.63) is 53.5 Å². The predicted molar refractivity (Wildman–Crippen MR) is 85.7 cm³/mol. The van der Waals surface area contributed by atoms with E-state index in [2.05, 4.69) is 25.1 Å². The smallest absolute Gasteiger partial charge is 0.209 e. The quantitative estimate of drug-likeness (QED) is 0.793. The number of halogens is 1. The lowest BCUT2D eigenvalue weighted by molar-refractivity contribution is 0.217. The van der Waals surface area contributed by atoms with Crippen LogP contribution in [0, 0.1) is 0 Å². The Morgan fingerprint density at radius 3 is 2.91 bits per heavy atom. The third-order valence-corrected chi connectivity index (χ3v) is 4.39. The number of nitrogens with zero attached hydrogens (tertiary/aromatic N) is 4. The van der Waals surface area contributed by atoms with E-state index in [0.717, 1.165) is 36.5 Å². The van der Waals surface area contributed by atoms with Gasteiger partial charge < -0.3 is 4.42 Å². The first-order valence-electron chi connectivity index (χ1n) is 7.59. The van der Waals surface area contributed by atoms with Crippen LogP contribution in [0.15, 0.2) is 41.2 Å². The number of rotatable bonds is 4. The van der Waals surface area contributed by atoms with Gasteiger partial charge in [0.05, 0.1) is 18.8 Å². The van der Waals surface area contributed by atoms with Gasteiger partial charge in [-0.2, -0.15) is 5.10 Å². The first-order chi connectivity index (χ1) is 11.3. The van der Waals surface area contributed by atoms with Gasteiger partial charge in [-0.3, -0.25) is 10.00 Å². The summed E-state index contributed by atoms with van der Waals surface area (Å²) in [7, 11) is 0. The highest BCUT2D eigenvalue weighted by Gasteiger charge is 2.29. The van der Waals surface area contributed by atoms with Crippen molar-refractivity contribution in [3.63, 3.8) is 0 Å². The van der Waals surface area contributed by atoms with Crippen LogP contribution in [0.2, 0.25) is 5.02 Å². The molecule has 7 heteroatoms. The van der Waals surface area contributed by atoms with Crippen LogP contribution in [0.4, 0.5) is 0 Å². The fraction of sp³-hybridized carbons (Fsp3) is 0.312. The van der Waals surface area contributed by atoms with Crippen molar-refractivity contribution < 1.29 is 4.42 Å². The molecular formula is C16H16ClN5O. The Morgan fingerprint density at radius 2 is 2.13 bits per heavy atom. The molecule has 0 saturated carbocycles. The Labute approximate surface area is 138 Å². The van der Waals surface area contributed by atoms with E-state index in [9.17, 15) is 0 Å². The second kappa shape index (κ2) is 6.14. The van der Waals surface area contributed by atoms with E-state index in [4.69, 9.17) is 16.0 Å². The van der Waals surface area contributed by atoms with E-state index in [0.29, 0.717) is 17.5 Å². The lowest BCUT2D eigenvalue weighted by Gasteiger charge is -2.20. The summed E-state index contributed by atoms with van der Waals surface area (Å²) in [6.07, 6.45) is 5.52. The summed E-state index contributed by atoms with van der Waals surface area (Å²) in [6, 6.07) is 7.81. The van der Waals surface area contributed by atoms with Gasteiger partial charge in [0.1, 0.15) is 12.2 Å². The molecule has 1 saturated heterocycles. The Hall–Kier alpha value is -2.18. The van der Waals surface area contributed by atoms with Crippen molar-refractivity contribution in [3.8, 4) is 11.3 Å². The van der Waals surface area contributed by atoms with Crippen molar-refractivity contribution in [1.82, 2.24) is 25.1 Å². The van der Waals surface area contributed by atoms with E-state index in [1.165, 1.54) is 0 Å². The highest BCUT2D eigenvalue weighted by molar-refractivity contribution is 6.30. The summed E-state index contributed by atoms with van der Waals surface area (Å²) in [5.74, 6) is 2.38. The maximum absolute atomic E-state index is 5.92. The van der Waals surface area contributed by atoms with Gasteiger partial charge in [0, 0.05) is 10.6 Å². The maximum Gasteiger partial charge on any atom is 0.209 e. The summed E-state index contributed by atoms with van der Waals surface area (Å²) in [5, 5.41) is 7.62. The summed E-state index contributed by atoms with van der Waals surface area (Å²) >= 11 is 5.92. The molecule has 1 aromatic carbocycles. The molecule has 1 aliphatic rings. The molecule has 23 heavy (non-hydrogen) atoms. The molecule has 0 bridgehead atoms. The monoisotopic (exact) mass is 329 g/mol. The van der Waals surface area contributed by atoms with Gasteiger partial charge in [0.2, 0.25) is 5.89 Å². The summed E-state index contributed by atoms with van der Waals surface area (Å²) in [5.41, 5.74) is 0.973. The molecule has 3 aromatic rings. The summed E-state index contributed by atoms with van der Waals surface area (Å²) in [4.78, 5) is 11.0. The number of aromatic amines is 1. The van der Waals surface area contributed by atoms with Gasteiger partial charge in [-0.1, -0.05) is 11.6 Å². The predicted octanol–water partition coefficient (Wildman–Crippen LogP) is 3.45. The minimum Gasteiger partial charge on any atom is -0.439 e. The lowest BCUT2D eigenvalue weighted by atomic mass is 10.2. The fourth-order valence-electron chi connectivity index (χ4n) is 3.01. The molecule has 1 aliphatic heterocycles. The molecule has 2 aromatic heterocycles. The Bertz CT molecular complexity index is 768. The Balaban J connectivity index is 1.50. The van der Waals surface area contributed by atoms with Gasteiger partial charge in [-0.05, 0) is 43.7 Å². The highest BCUT2D eigenvalue weighted by atomic mass is 35.5. The van der Waals surface area contributed by atoms with Crippen LogP contribution in [-0.4, -0.2) is 31.6 Å². The molecule has 1 atom stereocenters. The van der Waals surface area contributed by atoms with Crippen LogP contribution >= 0.6 is 11.6 Å². The van der Waals surface area contributed by atoms with Gasteiger partial charge in [-0.15, -0.1) is 0 Å². The zero-order chi connectivity index (χ0) is 15.6. The van der Waals surface area contributed by atoms with Gasteiger partial charge in [0.15, 0.2) is 5.76 Å². The fourth-order valence-corrected chi connectivity index (χ4v) is 3.13. The Kier molecular flexibility index (Phi) is 3.85. The van der Waals surface area contributed by atoms with Crippen LogP contribution in [0.5, 0.6) is 0 Å². The van der Waals surface area contributed by atoms with Gasteiger partial charge in [-0.25, -0.2) is 9.97 Å². The van der Waals surface area contributed by atoms with Crippen LogP contribution in [0.1, 0.15) is 30.6 Å². The average Bonchev–Trinajstić information content (AvgIpc) is 3.29. The van der Waals surface area contributed by atoms with E-state index in [-0.39, 0.29) is 6.04 Å². The molecular weight excluding hydrogens is 314 g/mol. The van der Waals surface area contributed by atoms with Gasteiger partial charge in [0.25, 0.3) is 0 Å². The zero-order valence-corrected chi connectivity index (χ0v) is 13.2. The van der Waals surface area contributed by atoms with Crippen LogP contribution in [0.3, 0.4) is 0 Å². The number of nitrogens with one attached hydrogen (secondary N) is 1.